The number of carbonyl (C=O) groups is 1. The van der Waals surface area contributed by atoms with Crippen LogP contribution in [-0.2, 0) is 10.0 Å². The molecule has 0 heterocycles. The minimum Gasteiger partial charge on any atom is -0.268 e. The molecule has 0 radical (unpaired) electrons. The van der Waals surface area contributed by atoms with Crippen molar-refractivity contribution in [2.24, 2.45) is 0 Å². The van der Waals surface area contributed by atoms with Crippen LogP contribution in [0, 0.1) is 11.6 Å². The van der Waals surface area contributed by atoms with Crippen LogP contribution in [0.4, 0.5) is 22.0 Å². The van der Waals surface area contributed by atoms with Crippen molar-refractivity contribution in [2.75, 3.05) is 0 Å². The molecule has 0 saturated carbocycles. The van der Waals surface area contributed by atoms with Crippen molar-refractivity contribution in [2.45, 2.75) is 5.51 Å². The largest absolute Gasteiger partial charge is 0.516 e. The fraction of sp³-hybridized carbons (Fsp3) is 0.125. The van der Waals surface area contributed by atoms with Crippen LogP contribution in [0.1, 0.15) is 10.4 Å². The standard InChI is InChI=1S/C8H4F5NO3S/c9-5-2-1-4(3-6(5)10)7(15)14-18(16,17)8(11,12)13/h1-3H,(H,14,15). The van der Waals surface area contributed by atoms with E-state index in [1.165, 1.54) is 0 Å². The average Bonchev–Trinajstić information content (AvgIpc) is 2.19. The molecule has 1 rings (SSSR count). The highest BCUT2D eigenvalue weighted by Gasteiger charge is 2.47. The second-order valence-corrected chi connectivity index (χ2v) is 4.68. The van der Waals surface area contributed by atoms with Crippen molar-refractivity contribution in [1.82, 2.24) is 4.72 Å². The zero-order chi connectivity index (χ0) is 14.1. The van der Waals surface area contributed by atoms with Gasteiger partial charge in [0.1, 0.15) is 0 Å². The number of alkyl halides is 3. The van der Waals surface area contributed by atoms with Gasteiger partial charge in [-0.2, -0.15) is 21.6 Å². The Bertz CT molecular complexity index is 581. The average molecular weight is 289 g/mol. The van der Waals surface area contributed by atoms with E-state index in [1.54, 1.807) is 0 Å². The van der Waals surface area contributed by atoms with Crippen LogP contribution in [0.5, 0.6) is 0 Å². The topological polar surface area (TPSA) is 63.2 Å². The van der Waals surface area contributed by atoms with E-state index in [-0.39, 0.29) is 6.07 Å². The van der Waals surface area contributed by atoms with E-state index in [0.29, 0.717) is 16.9 Å². The molecule has 10 heteroatoms. The number of carbonyl (C=O) groups excluding carboxylic acids is 1. The lowest BCUT2D eigenvalue weighted by atomic mass is 10.2. The lowest BCUT2D eigenvalue weighted by Crippen LogP contribution is -2.40. The Morgan fingerprint density at radius 3 is 2.11 bits per heavy atom. The quantitative estimate of drug-likeness (QED) is 0.840. The Hall–Kier alpha value is -1.71. The molecule has 0 aromatic heterocycles. The van der Waals surface area contributed by atoms with Gasteiger partial charge in [-0.25, -0.2) is 13.5 Å². The van der Waals surface area contributed by atoms with Gasteiger partial charge in [0.15, 0.2) is 11.6 Å². The van der Waals surface area contributed by atoms with E-state index in [0.717, 1.165) is 0 Å². The summed E-state index contributed by atoms with van der Waals surface area (Å²) in [6.07, 6.45) is 0. The summed E-state index contributed by atoms with van der Waals surface area (Å²) < 4.78 is 82.7. The predicted octanol–water partition coefficient (Wildman–Crippen LogP) is 1.54. The van der Waals surface area contributed by atoms with Gasteiger partial charge in [0.05, 0.1) is 0 Å². The summed E-state index contributed by atoms with van der Waals surface area (Å²) in [4.78, 5) is 11.1. The SMILES string of the molecule is O=C(NS(=O)(=O)C(F)(F)F)c1ccc(F)c(F)c1. The van der Waals surface area contributed by atoms with Gasteiger partial charge in [0.2, 0.25) is 0 Å². The molecule has 0 spiro atoms. The lowest BCUT2D eigenvalue weighted by Gasteiger charge is -2.09. The van der Waals surface area contributed by atoms with E-state index in [1.807, 2.05) is 0 Å². The van der Waals surface area contributed by atoms with Crippen LogP contribution < -0.4 is 4.72 Å². The highest BCUT2D eigenvalue weighted by Crippen LogP contribution is 2.22. The summed E-state index contributed by atoms with van der Waals surface area (Å²) >= 11 is 0. The van der Waals surface area contributed by atoms with Crippen LogP contribution in [0.25, 0.3) is 0 Å². The number of amides is 1. The molecule has 1 aromatic carbocycles. The maximum absolute atomic E-state index is 12.7. The number of halogens is 5. The molecule has 1 amide bonds. The van der Waals surface area contributed by atoms with Gasteiger partial charge in [-0.05, 0) is 18.2 Å². The van der Waals surface area contributed by atoms with Crippen molar-refractivity contribution in [3.63, 3.8) is 0 Å². The van der Waals surface area contributed by atoms with Gasteiger partial charge in [0, 0.05) is 5.56 Å². The number of benzene rings is 1. The first kappa shape index (κ1) is 14.4. The third kappa shape index (κ3) is 2.94. The van der Waals surface area contributed by atoms with Gasteiger partial charge in [0.25, 0.3) is 5.91 Å². The molecule has 0 bridgehead atoms. The van der Waals surface area contributed by atoms with Gasteiger partial charge < -0.3 is 0 Å². The number of sulfonamides is 1. The summed E-state index contributed by atoms with van der Waals surface area (Å²) in [5.74, 6) is -4.54. The molecule has 1 aromatic rings. The maximum atomic E-state index is 12.7. The van der Waals surface area contributed by atoms with Crippen LogP contribution in [0.3, 0.4) is 0 Å². The highest BCUT2D eigenvalue weighted by atomic mass is 32.2. The van der Waals surface area contributed by atoms with Crippen LogP contribution in [0.2, 0.25) is 0 Å². The van der Waals surface area contributed by atoms with Gasteiger partial charge in [-0.3, -0.25) is 4.79 Å². The molecule has 4 nitrogen and oxygen atoms in total. The van der Waals surface area contributed by atoms with E-state index < -0.39 is 38.6 Å². The third-order valence-corrected chi connectivity index (χ3v) is 2.78. The minimum absolute atomic E-state index is 0.274. The Balaban J connectivity index is 3.00. The molecular formula is C8H4F5NO3S. The molecule has 18 heavy (non-hydrogen) atoms. The Labute approximate surface area is 97.5 Å². The molecule has 0 aliphatic carbocycles. The van der Waals surface area contributed by atoms with Gasteiger partial charge in [-0.1, -0.05) is 0 Å². The molecule has 0 saturated heterocycles. The summed E-state index contributed by atoms with van der Waals surface area (Å²) in [5, 5.41) is 0. The monoisotopic (exact) mass is 289 g/mol. The zero-order valence-corrected chi connectivity index (χ0v) is 9.07. The summed E-state index contributed by atoms with van der Waals surface area (Å²) in [6, 6.07) is 1.39. The maximum Gasteiger partial charge on any atom is 0.516 e. The van der Waals surface area contributed by atoms with E-state index in [2.05, 4.69) is 0 Å². The van der Waals surface area contributed by atoms with Crippen LogP contribution >= 0.6 is 0 Å². The molecular weight excluding hydrogens is 285 g/mol. The first-order valence-electron chi connectivity index (χ1n) is 4.13. The molecule has 0 unspecified atom stereocenters. The zero-order valence-electron chi connectivity index (χ0n) is 8.25. The number of hydrogen-bond acceptors (Lipinski definition) is 3. The Morgan fingerprint density at radius 1 is 1.11 bits per heavy atom. The predicted molar refractivity (Wildman–Crippen MR) is 48.8 cm³/mol. The molecule has 0 fully saturated rings. The van der Waals surface area contributed by atoms with E-state index in [4.69, 9.17) is 0 Å². The second kappa shape index (κ2) is 4.52. The van der Waals surface area contributed by atoms with E-state index >= 15 is 0 Å². The summed E-state index contributed by atoms with van der Waals surface area (Å²) in [5.41, 5.74) is -6.44. The number of nitrogens with one attached hydrogen (secondary N) is 1. The van der Waals surface area contributed by atoms with Crippen LogP contribution in [0.15, 0.2) is 18.2 Å². The molecule has 100 valence electrons. The fourth-order valence-corrected chi connectivity index (χ4v) is 1.35. The first-order chi connectivity index (χ1) is 8.04. The Morgan fingerprint density at radius 2 is 1.67 bits per heavy atom. The van der Waals surface area contributed by atoms with Gasteiger partial charge >= 0.3 is 15.5 Å². The fourth-order valence-electron chi connectivity index (χ4n) is 0.876. The van der Waals surface area contributed by atoms with Crippen molar-refractivity contribution in [3.8, 4) is 0 Å². The van der Waals surface area contributed by atoms with Gasteiger partial charge in [-0.15, -0.1) is 0 Å². The molecule has 1 N–H and O–H groups in total. The summed E-state index contributed by atoms with van der Waals surface area (Å²) in [7, 11) is -5.88. The molecule has 0 aliphatic heterocycles. The lowest BCUT2D eigenvalue weighted by molar-refractivity contribution is -0.0446. The number of hydrogen-bond donors (Lipinski definition) is 1. The van der Waals surface area contributed by atoms with Crippen LogP contribution in [-0.4, -0.2) is 19.8 Å². The van der Waals surface area contributed by atoms with Crippen molar-refractivity contribution in [3.05, 3.63) is 35.4 Å². The van der Waals surface area contributed by atoms with Crippen molar-refractivity contribution < 1.29 is 35.2 Å². The normalized spacial score (nSPS) is 12.3. The molecule has 0 aliphatic rings. The highest BCUT2D eigenvalue weighted by molar-refractivity contribution is 7.90. The summed E-state index contributed by atoms with van der Waals surface area (Å²) in [6.45, 7) is 0. The third-order valence-electron chi connectivity index (χ3n) is 1.71. The van der Waals surface area contributed by atoms with E-state index in [9.17, 15) is 35.2 Å². The molecule has 0 atom stereocenters. The smallest absolute Gasteiger partial charge is 0.268 e. The van der Waals surface area contributed by atoms with Crippen molar-refractivity contribution in [1.29, 1.82) is 0 Å². The second-order valence-electron chi connectivity index (χ2n) is 3.01. The van der Waals surface area contributed by atoms with Crippen molar-refractivity contribution >= 4 is 15.9 Å². The Kier molecular flexibility index (Phi) is 3.60. The minimum atomic E-state index is -5.88. The number of rotatable bonds is 2. The first-order valence-corrected chi connectivity index (χ1v) is 5.61.